The van der Waals surface area contributed by atoms with Crippen LogP contribution in [-0.2, 0) is 0 Å². The lowest BCUT2D eigenvalue weighted by atomic mass is 10.1. The molecule has 0 spiro atoms. The second-order valence-corrected chi connectivity index (χ2v) is 7.51. The number of anilines is 1. The average molecular weight is 383 g/mol. The summed E-state index contributed by atoms with van der Waals surface area (Å²) >= 11 is 1.48. The third-order valence-corrected chi connectivity index (χ3v) is 5.74. The quantitative estimate of drug-likeness (QED) is 0.425. The molecule has 6 rings (SSSR count). The summed E-state index contributed by atoms with van der Waals surface area (Å²) in [6, 6.07) is 21.9. The number of nitrogen functional groups attached to an aromatic ring is 1. The van der Waals surface area contributed by atoms with Gasteiger partial charge in [0.05, 0.1) is 0 Å². The first-order chi connectivity index (χ1) is 13.8. The first kappa shape index (κ1) is 15.4. The Morgan fingerprint density at radius 3 is 2.64 bits per heavy atom. The van der Waals surface area contributed by atoms with Gasteiger partial charge in [-0.25, -0.2) is 0 Å². The summed E-state index contributed by atoms with van der Waals surface area (Å²) in [5.74, 6) is 1.24. The number of furan rings is 1. The number of nitrogens with zero attached hydrogens (tertiary/aromatic N) is 4. The molecule has 0 fully saturated rings. The van der Waals surface area contributed by atoms with Crippen molar-refractivity contribution in [3.63, 3.8) is 0 Å². The molecule has 0 aliphatic rings. The summed E-state index contributed by atoms with van der Waals surface area (Å²) < 4.78 is 7.82. The Morgan fingerprint density at radius 2 is 1.75 bits per heavy atom. The van der Waals surface area contributed by atoms with Gasteiger partial charge in [0, 0.05) is 16.6 Å². The third-order valence-electron chi connectivity index (χ3n) is 4.79. The summed E-state index contributed by atoms with van der Waals surface area (Å²) in [7, 11) is 0. The van der Waals surface area contributed by atoms with Crippen molar-refractivity contribution in [2.24, 2.45) is 0 Å². The monoisotopic (exact) mass is 383 g/mol. The fourth-order valence-electron chi connectivity index (χ4n) is 3.42. The average Bonchev–Trinajstić information content (AvgIpc) is 3.42. The zero-order chi connectivity index (χ0) is 18.7. The van der Waals surface area contributed by atoms with E-state index in [0.717, 1.165) is 32.6 Å². The van der Waals surface area contributed by atoms with Crippen molar-refractivity contribution in [2.75, 3.05) is 5.73 Å². The zero-order valence-electron chi connectivity index (χ0n) is 14.5. The smallest absolute Gasteiger partial charge is 0.235 e. The highest BCUT2D eigenvalue weighted by Crippen LogP contribution is 2.34. The van der Waals surface area contributed by atoms with Gasteiger partial charge < -0.3 is 10.2 Å². The number of rotatable bonds is 2. The van der Waals surface area contributed by atoms with Gasteiger partial charge in [-0.15, -0.1) is 10.2 Å². The fourth-order valence-corrected chi connectivity index (χ4v) is 4.26. The van der Waals surface area contributed by atoms with Gasteiger partial charge in [-0.3, -0.25) is 0 Å². The van der Waals surface area contributed by atoms with Crippen molar-refractivity contribution in [3.8, 4) is 22.2 Å². The van der Waals surface area contributed by atoms with Gasteiger partial charge in [-0.2, -0.15) is 9.61 Å². The Bertz CT molecular complexity index is 1480. The molecule has 0 unspecified atom stereocenters. The first-order valence-corrected chi connectivity index (χ1v) is 9.58. The maximum atomic E-state index is 6.08. The van der Waals surface area contributed by atoms with Crippen molar-refractivity contribution < 1.29 is 4.42 Å². The van der Waals surface area contributed by atoms with E-state index < -0.39 is 0 Å². The van der Waals surface area contributed by atoms with E-state index in [9.17, 15) is 0 Å². The molecular weight excluding hydrogens is 370 g/mol. The molecule has 0 aliphatic carbocycles. The molecule has 28 heavy (non-hydrogen) atoms. The van der Waals surface area contributed by atoms with E-state index in [1.54, 1.807) is 4.52 Å². The Hall–Kier alpha value is -3.71. The minimum atomic E-state index is 0.591. The van der Waals surface area contributed by atoms with E-state index in [1.807, 2.05) is 48.5 Å². The van der Waals surface area contributed by atoms with E-state index in [0.29, 0.717) is 16.5 Å². The Balaban J connectivity index is 1.52. The van der Waals surface area contributed by atoms with E-state index in [-0.39, 0.29) is 0 Å². The largest absolute Gasteiger partial charge is 0.453 e. The number of aromatic nitrogens is 4. The molecule has 3 heterocycles. The Morgan fingerprint density at radius 1 is 0.893 bits per heavy atom. The summed E-state index contributed by atoms with van der Waals surface area (Å²) in [5, 5.41) is 17.5. The van der Waals surface area contributed by atoms with Crippen LogP contribution in [0.2, 0.25) is 0 Å². The molecule has 0 saturated heterocycles. The molecule has 2 N–H and O–H groups in total. The predicted molar refractivity (Wildman–Crippen MR) is 111 cm³/mol. The molecule has 0 saturated carbocycles. The normalized spacial score (nSPS) is 11.7. The SMILES string of the molecule is Nc1ccc(-c2nn3c(-c4cc5c(ccc6ccccc65)o4)nnc3s2)cc1. The van der Waals surface area contributed by atoms with Crippen LogP contribution < -0.4 is 5.73 Å². The molecule has 0 aliphatic heterocycles. The molecule has 0 bridgehead atoms. The van der Waals surface area contributed by atoms with Crippen LogP contribution in [0.15, 0.2) is 71.1 Å². The molecule has 3 aromatic carbocycles. The Labute approximate surface area is 162 Å². The highest BCUT2D eigenvalue weighted by atomic mass is 32.1. The maximum absolute atomic E-state index is 6.08. The van der Waals surface area contributed by atoms with Crippen LogP contribution in [0.25, 0.3) is 48.9 Å². The van der Waals surface area contributed by atoms with Crippen LogP contribution in [-0.4, -0.2) is 19.8 Å². The molecule has 0 atom stereocenters. The van der Waals surface area contributed by atoms with Crippen LogP contribution in [0, 0.1) is 0 Å². The van der Waals surface area contributed by atoms with E-state index >= 15 is 0 Å². The van der Waals surface area contributed by atoms with Gasteiger partial charge >= 0.3 is 0 Å². The first-order valence-electron chi connectivity index (χ1n) is 8.76. The second-order valence-electron chi connectivity index (χ2n) is 6.56. The minimum absolute atomic E-state index is 0.591. The van der Waals surface area contributed by atoms with Crippen molar-refractivity contribution in [1.82, 2.24) is 19.8 Å². The second kappa shape index (κ2) is 5.64. The number of fused-ring (bicyclic) bond motifs is 4. The van der Waals surface area contributed by atoms with Crippen LogP contribution in [0.3, 0.4) is 0 Å². The zero-order valence-corrected chi connectivity index (χ0v) is 15.4. The predicted octanol–water partition coefficient (Wildman–Crippen LogP) is 5.00. The fraction of sp³-hybridized carbons (Fsp3) is 0. The molecule has 6 nitrogen and oxygen atoms in total. The van der Waals surface area contributed by atoms with Crippen LogP contribution in [0.5, 0.6) is 0 Å². The third kappa shape index (κ3) is 2.23. The van der Waals surface area contributed by atoms with Crippen LogP contribution in [0.1, 0.15) is 0 Å². The van der Waals surface area contributed by atoms with Crippen molar-refractivity contribution >= 4 is 43.7 Å². The van der Waals surface area contributed by atoms with Crippen LogP contribution >= 0.6 is 11.3 Å². The number of hydrogen-bond acceptors (Lipinski definition) is 6. The highest BCUT2D eigenvalue weighted by Gasteiger charge is 2.18. The maximum Gasteiger partial charge on any atom is 0.235 e. The van der Waals surface area contributed by atoms with Gasteiger partial charge in [0.1, 0.15) is 10.6 Å². The van der Waals surface area contributed by atoms with Gasteiger partial charge in [-0.1, -0.05) is 41.7 Å². The van der Waals surface area contributed by atoms with Crippen molar-refractivity contribution in [2.45, 2.75) is 0 Å². The van der Waals surface area contributed by atoms with Crippen molar-refractivity contribution in [3.05, 3.63) is 66.7 Å². The molecule has 7 heteroatoms. The lowest BCUT2D eigenvalue weighted by molar-refractivity contribution is 0.622. The highest BCUT2D eigenvalue weighted by molar-refractivity contribution is 7.19. The van der Waals surface area contributed by atoms with Crippen LogP contribution in [0.4, 0.5) is 5.69 Å². The standard InChI is InChI=1S/C21H13N5OS/c22-14-8-5-13(6-9-14)20-25-26-19(23-24-21(26)28-20)18-11-16-15-4-2-1-3-12(15)7-10-17(16)27-18/h1-11H,22H2. The topological polar surface area (TPSA) is 82.2 Å². The number of nitrogens with two attached hydrogens (primary N) is 1. The van der Waals surface area contributed by atoms with E-state index in [4.69, 9.17) is 15.2 Å². The van der Waals surface area contributed by atoms with Gasteiger partial charge in [0.2, 0.25) is 10.8 Å². The molecular formula is C21H13N5OS. The molecule has 134 valence electrons. The summed E-state index contributed by atoms with van der Waals surface area (Å²) in [6.07, 6.45) is 0. The summed E-state index contributed by atoms with van der Waals surface area (Å²) in [4.78, 5) is 0.715. The van der Waals surface area contributed by atoms with E-state index in [1.165, 1.54) is 16.7 Å². The molecule has 3 aromatic heterocycles. The molecule has 0 radical (unpaired) electrons. The number of benzene rings is 3. The van der Waals surface area contributed by atoms with Crippen molar-refractivity contribution in [1.29, 1.82) is 0 Å². The molecule has 6 aromatic rings. The van der Waals surface area contributed by atoms with Gasteiger partial charge in [0.15, 0.2) is 5.76 Å². The van der Waals surface area contributed by atoms with Gasteiger partial charge in [0.25, 0.3) is 0 Å². The minimum Gasteiger partial charge on any atom is -0.453 e. The summed E-state index contributed by atoms with van der Waals surface area (Å²) in [5.41, 5.74) is 8.31. The lowest BCUT2D eigenvalue weighted by Crippen LogP contribution is -1.90. The Kier molecular flexibility index (Phi) is 3.09. The number of hydrogen-bond donors (Lipinski definition) is 1. The summed E-state index contributed by atoms with van der Waals surface area (Å²) in [6.45, 7) is 0. The van der Waals surface area contributed by atoms with E-state index in [2.05, 4.69) is 28.4 Å². The molecule has 0 amide bonds. The lowest BCUT2D eigenvalue weighted by Gasteiger charge is -1.96. The van der Waals surface area contributed by atoms with Gasteiger partial charge in [-0.05, 0) is 47.2 Å².